The average Bonchev–Trinajstić information content (AvgIpc) is 3.33. The lowest BCUT2D eigenvalue weighted by molar-refractivity contribution is -0.133. The van der Waals surface area contributed by atoms with Gasteiger partial charge in [-0.05, 0) is 61.1 Å². The second-order valence-corrected chi connectivity index (χ2v) is 9.13. The Morgan fingerprint density at radius 1 is 1.09 bits per heavy atom. The lowest BCUT2D eigenvalue weighted by atomic mass is 9.72. The Morgan fingerprint density at radius 2 is 1.79 bits per heavy atom. The first-order valence-electron chi connectivity index (χ1n) is 11.9. The molecule has 2 aliphatic rings. The molecule has 7 heteroatoms. The summed E-state index contributed by atoms with van der Waals surface area (Å²) in [5, 5.41) is 3.18. The molecule has 7 nitrogen and oxygen atoms in total. The van der Waals surface area contributed by atoms with Crippen LogP contribution < -0.4 is 10.1 Å². The van der Waals surface area contributed by atoms with Crippen LogP contribution in [0.15, 0.2) is 59.3 Å². The van der Waals surface area contributed by atoms with Gasteiger partial charge in [-0.15, -0.1) is 0 Å². The third kappa shape index (κ3) is 4.42. The maximum atomic E-state index is 13.5. The van der Waals surface area contributed by atoms with Crippen molar-refractivity contribution in [2.75, 3.05) is 19.6 Å². The molecule has 0 radical (unpaired) electrons. The zero-order valence-corrected chi connectivity index (χ0v) is 19.4. The fraction of sp³-hybridized carbons (Fsp3) is 0.370. The van der Waals surface area contributed by atoms with Gasteiger partial charge >= 0.3 is 0 Å². The van der Waals surface area contributed by atoms with Gasteiger partial charge in [0.05, 0.1) is 5.41 Å². The molecule has 3 heterocycles. The van der Waals surface area contributed by atoms with Gasteiger partial charge in [0.25, 0.3) is 5.91 Å². The molecule has 5 rings (SSSR count). The second kappa shape index (κ2) is 9.33. The van der Waals surface area contributed by atoms with Crippen LogP contribution in [0.3, 0.4) is 0 Å². The molecule has 0 atom stereocenters. The van der Waals surface area contributed by atoms with Crippen LogP contribution in [0.25, 0.3) is 0 Å². The number of piperidine rings is 1. The molecule has 4 bridgehead atoms. The Labute approximate surface area is 199 Å². The van der Waals surface area contributed by atoms with Crippen LogP contribution >= 0.6 is 0 Å². The maximum absolute atomic E-state index is 13.5. The first kappa shape index (κ1) is 22.2. The molecule has 0 aliphatic carbocycles. The largest absolute Gasteiger partial charge is 0.457 e. The number of rotatable bonds is 2. The predicted molar refractivity (Wildman–Crippen MR) is 127 cm³/mol. The van der Waals surface area contributed by atoms with Crippen molar-refractivity contribution in [3.63, 3.8) is 0 Å². The number of ether oxygens (including phenoxy) is 1. The van der Waals surface area contributed by atoms with Crippen LogP contribution in [0.4, 0.5) is 0 Å². The molecule has 34 heavy (non-hydrogen) atoms. The average molecular weight is 460 g/mol. The fourth-order valence-corrected chi connectivity index (χ4v) is 4.99. The Balaban J connectivity index is 1.39. The Morgan fingerprint density at radius 3 is 2.53 bits per heavy atom. The van der Waals surface area contributed by atoms with E-state index in [1.165, 1.54) is 6.39 Å². The van der Waals surface area contributed by atoms with Gasteiger partial charge in [-0.2, -0.15) is 0 Å². The zero-order valence-electron chi connectivity index (χ0n) is 19.4. The highest BCUT2D eigenvalue weighted by Crippen LogP contribution is 2.37. The highest BCUT2D eigenvalue weighted by atomic mass is 16.5. The fourth-order valence-electron chi connectivity index (χ4n) is 4.99. The molecular formula is C27H29N3O4. The highest BCUT2D eigenvalue weighted by molar-refractivity contribution is 5.93. The van der Waals surface area contributed by atoms with Crippen LogP contribution in [0.1, 0.15) is 47.1 Å². The molecule has 1 aromatic heterocycles. The summed E-state index contributed by atoms with van der Waals surface area (Å²) in [7, 11) is 0. The number of oxazole rings is 1. The molecule has 0 unspecified atom stereocenters. The van der Waals surface area contributed by atoms with Gasteiger partial charge in [-0.25, -0.2) is 4.98 Å². The van der Waals surface area contributed by atoms with E-state index in [0.29, 0.717) is 56.8 Å². The third-order valence-electron chi connectivity index (χ3n) is 6.93. The number of nitrogens with one attached hydrogen (secondary N) is 1. The summed E-state index contributed by atoms with van der Waals surface area (Å²) in [6.45, 7) is 3.50. The summed E-state index contributed by atoms with van der Waals surface area (Å²) in [6, 6.07) is 15.9. The minimum atomic E-state index is -0.584. The number of fused-ring (bicyclic) bond motifs is 4. The van der Waals surface area contributed by atoms with Gasteiger partial charge in [0, 0.05) is 26.1 Å². The van der Waals surface area contributed by atoms with E-state index in [-0.39, 0.29) is 11.8 Å². The van der Waals surface area contributed by atoms with Crippen molar-refractivity contribution >= 4 is 11.8 Å². The number of nitrogens with zero attached hydrogens (tertiary/aromatic N) is 2. The van der Waals surface area contributed by atoms with Crippen LogP contribution in [0, 0.1) is 5.41 Å². The number of hydrogen-bond donors (Lipinski definition) is 1. The van der Waals surface area contributed by atoms with Crippen molar-refractivity contribution < 1.29 is 18.7 Å². The van der Waals surface area contributed by atoms with Crippen molar-refractivity contribution in [2.24, 2.45) is 5.41 Å². The summed E-state index contributed by atoms with van der Waals surface area (Å²) in [4.78, 5) is 32.5. The molecule has 2 aromatic carbocycles. The van der Waals surface area contributed by atoms with Gasteiger partial charge in [0.15, 0.2) is 12.1 Å². The summed E-state index contributed by atoms with van der Waals surface area (Å²) in [5.41, 5.74) is 1.96. The minimum Gasteiger partial charge on any atom is -0.457 e. The molecule has 1 spiro atoms. The Bertz CT molecular complexity index is 1190. The second-order valence-electron chi connectivity index (χ2n) is 9.13. The number of hydrogen-bond acceptors (Lipinski definition) is 5. The first-order chi connectivity index (χ1) is 16.6. The monoisotopic (exact) mass is 459 g/mol. The molecule has 1 N–H and O–H groups in total. The Hall–Kier alpha value is -3.61. The molecular weight excluding hydrogens is 430 g/mol. The lowest BCUT2D eigenvalue weighted by Gasteiger charge is -2.40. The quantitative estimate of drug-likeness (QED) is 0.622. The lowest BCUT2D eigenvalue weighted by Crippen LogP contribution is -2.51. The number of carbonyl (C=O) groups excluding carboxylic acids is 2. The maximum Gasteiger partial charge on any atom is 0.276 e. The van der Waals surface area contributed by atoms with Gasteiger partial charge in [-0.1, -0.05) is 31.2 Å². The van der Waals surface area contributed by atoms with Gasteiger partial charge in [0.2, 0.25) is 5.91 Å². The molecule has 1 fully saturated rings. The van der Waals surface area contributed by atoms with Crippen molar-refractivity contribution in [3.8, 4) is 11.5 Å². The number of aromatic nitrogens is 1. The number of benzene rings is 2. The number of carbonyl (C=O) groups is 2. The summed E-state index contributed by atoms with van der Waals surface area (Å²) in [6.07, 6.45) is 4.44. The minimum absolute atomic E-state index is 0.0528. The van der Waals surface area contributed by atoms with Crippen LogP contribution in [-0.2, 0) is 24.1 Å². The van der Waals surface area contributed by atoms with E-state index in [1.807, 2.05) is 55.5 Å². The molecule has 0 saturated carbocycles. The summed E-state index contributed by atoms with van der Waals surface area (Å²) >= 11 is 0. The molecule has 1 saturated heterocycles. The van der Waals surface area contributed by atoms with Crippen LogP contribution in [-0.4, -0.2) is 41.3 Å². The smallest absolute Gasteiger partial charge is 0.276 e. The SMILES string of the molecule is CCc1ocnc1C(=O)N1CCC2(CC1)Cc1cccc(c1)Oc1cccc(c1)CCNC2=O. The van der Waals surface area contributed by atoms with E-state index < -0.39 is 5.41 Å². The van der Waals surface area contributed by atoms with E-state index in [1.54, 1.807) is 4.90 Å². The van der Waals surface area contributed by atoms with Gasteiger partial charge in [-0.3, -0.25) is 9.59 Å². The number of aryl methyl sites for hydroxylation is 1. The van der Waals surface area contributed by atoms with Crippen molar-refractivity contribution in [3.05, 3.63) is 77.5 Å². The van der Waals surface area contributed by atoms with Crippen molar-refractivity contribution in [1.29, 1.82) is 0 Å². The molecule has 176 valence electrons. The summed E-state index contributed by atoms with van der Waals surface area (Å²) < 4.78 is 11.5. The van der Waals surface area contributed by atoms with E-state index in [4.69, 9.17) is 9.15 Å². The normalized spacial score (nSPS) is 17.7. The van der Waals surface area contributed by atoms with E-state index in [2.05, 4.69) is 10.3 Å². The van der Waals surface area contributed by atoms with E-state index in [0.717, 1.165) is 29.0 Å². The predicted octanol–water partition coefficient (Wildman–Crippen LogP) is 4.17. The molecule has 3 aromatic rings. The number of amides is 2. The highest BCUT2D eigenvalue weighted by Gasteiger charge is 2.42. The van der Waals surface area contributed by atoms with E-state index in [9.17, 15) is 9.59 Å². The third-order valence-corrected chi connectivity index (χ3v) is 6.93. The van der Waals surface area contributed by atoms with Crippen molar-refractivity contribution in [1.82, 2.24) is 15.2 Å². The summed E-state index contributed by atoms with van der Waals surface area (Å²) in [5.74, 6) is 2.08. The molecule has 2 amide bonds. The van der Waals surface area contributed by atoms with Crippen molar-refractivity contribution in [2.45, 2.75) is 39.0 Å². The van der Waals surface area contributed by atoms with Crippen LogP contribution in [0.5, 0.6) is 11.5 Å². The Kier molecular flexibility index (Phi) is 6.09. The topological polar surface area (TPSA) is 84.7 Å². The van der Waals surface area contributed by atoms with Gasteiger partial charge < -0.3 is 19.4 Å². The number of likely N-dealkylation sites (tertiary alicyclic amines) is 1. The zero-order chi connectivity index (χ0) is 23.5. The molecule has 2 aliphatic heterocycles. The van der Waals surface area contributed by atoms with Crippen LogP contribution in [0.2, 0.25) is 0 Å². The first-order valence-corrected chi connectivity index (χ1v) is 11.9. The standard InChI is InChI=1S/C27H29N3O4/c1-2-23-24(29-18-33-23)25(31)30-13-10-27(11-14-30)17-20-6-4-8-22(16-20)34-21-7-3-5-19(15-21)9-12-28-26(27)32/h3-8,15-16,18H,2,9-14,17H2,1H3,(H,28,32). The van der Waals surface area contributed by atoms with E-state index >= 15 is 0 Å². The van der Waals surface area contributed by atoms with Gasteiger partial charge in [0.1, 0.15) is 17.3 Å².